The number of carbonyl (C=O) groups excluding carboxylic acids is 1. The minimum atomic E-state index is -1.06. The third kappa shape index (κ3) is 5.21. The van der Waals surface area contributed by atoms with Gasteiger partial charge in [-0.05, 0) is 18.8 Å². The van der Waals surface area contributed by atoms with Gasteiger partial charge in [0.25, 0.3) is 0 Å². The summed E-state index contributed by atoms with van der Waals surface area (Å²) in [5.74, 6) is 1.91. The Bertz CT molecular complexity index is 362. The van der Waals surface area contributed by atoms with Crippen molar-refractivity contribution in [3.63, 3.8) is 0 Å². The number of terminal acetylenes is 1. The lowest BCUT2D eigenvalue weighted by Gasteiger charge is -2.30. The van der Waals surface area contributed by atoms with Crippen molar-refractivity contribution in [1.29, 1.82) is 0 Å². The molecular formula is C14H22N2O3. The van der Waals surface area contributed by atoms with Crippen LogP contribution in [-0.4, -0.2) is 41.1 Å². The van der Waals surface area contributed by atoms with E-state index in [9.17, 15) is 9.59 Å². The van der Waals surface area contributed by atoms with Gasteiger partial charge in [0.2, 0.25) is 0 Å². The van der Waals surface area contributed by atoms with E-state index in [0.29, 0.717) is 5.92 Å². The van der Waals surface area contributed by atoms with Gasteiger partial charge in [-0.1, -0.05) is 32.1 Å². The smallest absolute Gasteiger partial charge is 0.323 e. The quantitative estimate of drug-likeness (QED) is 0.744. The SMILES string of the molecule is C#CCN(CC(=O)O)C(=O)NC1CCCC(CC)C1. The Hall–Kier alpha value is -1.70. The first-order valence-corrected chi connectivity index (χ1v) is 6.77. The number of carboxylic acid groups (broad SMARTS) is 1. The molecule has 0 aromatic rings. The van der Waals surface area contributed by atoms with Crippen LogP contribution in [0.4, 0.5) is 4.79 Å². The summed E-state index contributed by atoms with van der Waals surface area (Å²) in [6.07, 6.45) is 10.5. The molecule has 1 aliphatic rings. The van der Waals surface area contributed by atoms with E-state index in [2.05, 4.69) is 18.2 Å². The van der Waals surface area contributed by atoms with Crippen molar-refractivity contribution < 1.29 is 14.7 Å². The van der Waals surface area contributed by atoms with Gasteiger partial charge in [-0.15, -0.1) is 6.42 Å². The predicted octanol–water partition coefficient (Wildman–Crippen LogP) is 1.68. The molecule has 2 amide bonds. The van der Waals surface area contributed by atoms with Crippen LogP contribution in [0.15, 0.2) is 0 Å². The minimum absolute atomic E-state index is 0.0159. The number of aliphatic carboxylic acids is 1. The van der Waals surface area contributed by atoms with Crippen molar-refractivity contribution in [1.82, 2.24) is 10.2 Å². The van der Waals surface area contributed by atoms with Crippen molar-refractivity contribution in [2.45, 2.75) is 45.1 Å². The van der Waals surface area contributed by atoms with E-state index in [0.717, 1.165) is 30.6 Å². The number of hydrogen-bond acceptors (Lipinski definition) is 2. The van der Waals surface area contributed by atoms with Crippen LogP contribution in [-0.2, 0) is 4.79 Å². The van der Waals surface area contributed by atoms with Crippen LogP contribution < -0.4 is 5.32 Å². The summed E-state index contributed by atoms with van der Waals surface area (Å²) >= 11 is 0. The third-order valence-electron chi connectivity index (χ3n) is 3.58. The predicted molar refractivity (Wildman–Crippen MR) is 72.6 cm³/mol. The first kappa shape index (κ1) is 15.4. The number of rotatable bonds is 5. The topological polar surface area (TPSA) is 69.6 Å². The van der Waals surface area contributed by atoms with Crippen molar-refractivity contribution >= 4 is 12.0 Å². The van der Waals surface area contributed by atoms with Crippen molar-refractivity contribution in [2.24, 2.45) is 5.92 Å². The second-order valence-electron chi connectivity index (χ2n) is 5.04. The maximum absolute atomic E-state index is 12.0. The Morgan fingerprint density at radius 2 is 2.21 bits per heavy atom. The van der Waals surface area contributed by atoms with Gasteiger partial charge in [0.05, 0.1) is 6.54 Å². The number of amides is 2. The highest BCUT2D eigenvalue weighted by molar-refractivity contribution is 5.80. The molecule has 0 aliphatic heterocycles. The van der Waals surface area contributed by atoms with E-state index < -0.39 is 5.97 Å². The number of nitrogens with one attached hydrogen (secondary N) is 1. The van der Waals surface area contributed by atoms with Gasteiger partial charge in [0, 0.05) is 6.04 Å². The molecule has 106 valence electrons. The van der Waals surface area contributed by atoms with Crippen molar-refractivity contribution in [2.75, 3.05) is 13.1 Å². The molecule has 1 fully saturated rings. The molecule has 2 unspecified atom stereocenters. The van der Waals surface area contributed by atoms with Crippen LogP contribution in [0.1, 0.15) is 39.0 Å². The van der Waals surface area contributed by atoms with Crippen molar-refractivity contribution in [3.8, 4) is 12.3 Å². The number of nitrogens with zero attached hydrogens (tertiary/aromatic N) is 1. The molecule has 1 aliphatic carbocycles. The summed E-state index contributed by atoms with van der Waals surface area (Å²) in [6.45, 7) is 1.81. The zero-order valence-electron chi connectivity index (χ0n) is 11.4. The van der Waals surface area contributed by atoms with Gasteiger partial charge in [0.15, 0.2) is 0 Å². The average molecular weight is 266 g/mol. The average Bonchev–Trinajstić information content (AvgIpc) is 2.38. The van der Waals surface area contributed by atoms with Crippen LogP contribution in [0, 0.1) is 18.3 Å². The van der Waals surface area contributed by atoms with Crippen molar-refractivity contribution in [3.05, 3.63) is 0 Å². The van der Waals surface area contributed by atoms with Crippen LogP contribution in [0.25, 0.3) is 0 Å². The van der Waals surface area contributed by atoms with Crippen LogP contribution in [0.3, 0.4) is 0 Å². The Kier molecular flexibility index (Phi) is 6.20. The molecule has 2 N–H and O–H groups in total. The molecular weight excluding hydrogens is 244 g/mol. The maximum Gasteiger partial charge on any atom is 0.323 e. The molecule has 2 atom stereocenters. The van der Waals surface area contributed by atoms with Gasteiger partial charge < -0.3 is 15.3 Å². The third-order valence-corrected chi connectivity index (χ3v) is 3.58. The number of urea groups is 1. The lowest BCUT2D eigenvalue weighted by molar-refractivity contribution is -0.137. The highest BCUT2D eigenvalue weighted by atomic mass is 16.4. The molecule has 0 saturated heterocycles. The zero-order valence-corrected chi connectivity index (χ0v) is 11.4. The first-order valence-electron chi connectivity index (χ1n) is 6.77. The molecule has 19 heavy (non-hydrogen) atoms. The zero-order chi connectivity index (χ0) is 14.3. The molecule has 0 heterocycles. The Balaban J connectivity index is 2.51. The number of carboxylic acids is 1. The fraction of sp³-hybridized carbons (Fsp3) is 0.714. The molecule has 0 spiro atoms. The second kappa shape index (κ2) is 7.67. The lowest BCUT2D eigenvalue weighted by atomic mass is 9.84. The van der Waals surface area contributed by atoms with E-state index in [1.54, 1.807) is 0 Å². The van der Waals surface area contributed by atoms with E-state index in [1.807, 2.05) is 0 Å². The van der Waals surface area contributed by atoms with E-state index in [-0.39, 0.29) is 25.2 Å². The standard InChI is InChI=1S/C14H22N2O3/c1-3-8-16(10-13(17)18)14(19)15-12-7-5-6-11(4-2)9-12/h1,11-12H,4-10H2,2H3,(H,15,19)(H,17,18). The Morgan fingerprint density at radius 3 is 2.79 bits per heavy atom. The summed E-state index contributed by atoms with van der Waals surface area (Å²) in [7, 11) is 0. The summed E-state index contributed by atoms with van der Waals surface area (Å²) in [5.41, 5.74) is 0. The molecule has 0 radical (unpaired) electrons. The molecule has 1 rings (SSSR count). The normalized spacial score (nSPS) is 22.3. The van der Waals surface area contributed by atoms with Crippen LogP contribution >= 0.6 is 0 Å². The number of carbonyl (C=O) groups is 2. The second-order valence-corrected chi connectivity index (χ2v) is 5.04. The van der Waals surface area contributed by atoms with Gasteiger partial charge in [-0.25, -0.2) is 4.79 Å². The number of hydrogen-bond donors (Lipinski definition) is 2. The summed E-state index contributed by atoms with van der Waals surface area (Å²) in [5, 5.41) is 11.7. The fourth-order valence-electron chi connectivity index (χ4n) is 2.53. The fourth-order valence-corrected chi connectivity index (χ4v) is 2.53. The molecule has 5 nitrogen and oxygen atoms in total. The summed E-state index contributed by atoms with van der Waals surface area (Å²) in [4.78, 5) is 23.8. The Labute approximate surface area is 114 Å². The van der Waals surface area contributed by atoms with Gasteiger partial charge in [-0.2, -0.15) is 0 Å². The summed E-state index contributed by atoms with van der Waals surface area (Å²) < 4.78 is 0. The molecule has 5 heteroatoms. The summed E-state index contributed by atoms with van der Waals surface area (Å²) in [6, 6.07) is -0.234. The van der Waals surface area contributed by atoms with Gasteiger partial charge in [-0.3, -0.25) is 4.79 Å². The monoisotopic (exact) mass is 266 g/mol. The van der Waals surface area contributed by atoms with E-state index in [4.69, 9.17) is 11.5 Å². The largest absolute Gasteiger partial charge is 0.480 e. The molecule has 0 aromatic heterocycles. The molecule has 0 bridgehead atoms. The van der Waals surface area contributed by atoms with E-state index in [1.165, 1.54) is 6.42 Å². The lowest BCUT2D eigenvalue weighted by Crippen LogP contribution is -2.48. The molecule has 0 aromatic carbocycles. The van der Waals surface area contributed by atoms with Crippen LogP contribution in [0.2, 0.25) is 0 Å². The maximum atomic E-state index is 12.0. The first-order chi connectivity index (χ1) is 9.06. The minimum Gasteiger partial charge on any atom is -0.480 e. The van der Waals surface area contributed by atoms with E-state index >= 15 is 0 Å². The van der Waals surface area contributed by atoms with Gasteiger partial charge >= 0.3 is 12.0 Å². The highest BCUT2D eigenvalue weighted by Gasteiger charge is 2.24. The Morgan fingerprint density at radius 1 is 1.47 bits per heavy atom. The molecule has 1 saturated carbocycles. The van der Waals surface area contributed by atoms with Crippen LogP contribution in [0.5, 0.6) is 0 Å². The highest BCUT2D eigenvalue weighted by Crippen LogP contribution is 2.26. The van der Waals surface area contributed by atoms with Gasteiger partial charge in [0.1, 0.15) is 6.54 Å².